The Kier molecular flexibility index (Phi) is 6.97. The van der Waals surface area contributed by atoms with Gasteiger partial charge in [-0.3, -0.25) is 4.79 Å². The Balaban J connectivity index is 1.60. The lowest BCUT2D eigenvalue weighted by Crippen LogP contribution is -2.16. The van der Waals surface area contributed by atoms with Crippen LogP contribution in [0, 0.1) is 11.3 Å². The van der Waals surface area contributed by atoms with E-state index >= 15 is 0 Å². The molecule has 0 bridgehead atoms. The molecule has 0 fully saturated rings. The zero-order chi connectivity index (χ0) is 23.4. The fraction of sp³-hybridized carbons (Fsp3) is 0.240. The predicted molar refractivity (Wildman–Crippen MR) is 128 cm³/mol. The van der Waals surface area contributed by atoms with Crippen molar-refractivity contribution in [2.45, 2.75) is 32.6 Å². The molecule has 3 aromatic rings. The normalized spacial score (nSPS) is 13.2. The molecule has 33 heavy (non-hydrogen) atoms. The molecule has 0 unspecified atom stereocenters. The summed E-state index contributed by atoms with van der Waals surface area (Å²) in [6.45, 7) is 1.98. The van der Waals surface area contributed by atoms with Crippen molar-refractivity contribution in [3.05, 3.63) is 68.8 Å². The lowest BCUT2D eigenvalue weighted by molar-refractivity contribution is -0.112. The first-order valence-corrected chi connectivity index (χ1v) is 11.8. The minimum Gasteiger partial charge on any atom is -0.462 e. The van der Waals surface area contributed by atoms with Crippen LogP contribution in [0.2, 0.25) is 5.02 Å². The van der Waals surface area contributed by atoms with Crippen molar-refractivity contribution in [2.24, 2.45) is 0 Å². The molecule has 1 N–H and O–H groups in total. The number of nitriles is 1. The maximum absolute atomic E-state index is 12.9. The molecule has 0 saturated heterocycles. The first-order valence-electron chi connectivity index (χ1n) is 10.6. The number of furan rings is 1. The molecule has 1 aromatic carbocycles. The van der Waals surface area contributed by atoms with E-state index in [0.29, 0.717) is 32.7 Å². The molecule has 0 saturated carbocycles. The van der Waals surface area contributed by atoms with Gasteiger partial charge in [0.05, 0.1) is 17.2 Å². The number of nitrogens with one attached hydrogen (secondary N) is 1. The molecule has 1 aliphatic rings. The fourth-order valence-corrected chi connectivity index (χ4v) is 5.27. The van der Waals surface area contributed by atoms with E-state index in [1.807, 2.05) is 24.3 Å². The quantitative estimate of drug-likeness (QED) is 0.255. The number of nitrogens with zero attached hydrogens (tertiary/aromatic N) is 1. The number of thiophene rings is 1. The molecule has 168 valence electrons. The van der Waals surface area contributed by atoms with E-state index in [2.05, 4.69) is 5.32 Å². The van der Waals surface area contributed by atoms with Crippen LogP contribution in [0.3, 0.4) is 0 Å². The molecule has 2 heterocycles. The van der Waals surface area contributed by atoms with Crippen molar-refractivity contribution in [1.29, 1.82) is 5.26 Å². The third kappa shape index (κ3) is 4.87. The lowest BCUT2D eigenvalue weighted by Gasteiger charge is -2.12. The minimum absolute atomic E-state index is 0.142. The van der Waals surface area contributed by atoms with Gasteiger partial charge in [-0.2, -0.15) is 5.26 Å². The van der Waals surface area contributed by atoms with E-state index in [9.17, 15) is 14.9 Å². The van der Waals surface area contributed by atoms with Crippen LogP contribution >= 0.6 is 22.9 Å². The number of rotatable bonds is 6. The Morgan fingerprint density at radius 2 is 2.03 bits per heavy atom. The SMILES string of the molecule is CCOC(=O)c1c(NC(=O)C(C#N)=Cc2ccc(-c3ccccc3Cl)o2)sc2c1CCCC2. The lowest BCUT2D eigenvalue weighted by atomic mass is 9.95. The summed E-state index contributed by atoms with van der Waals surface area (Å²) in [7, 11) is 0. The summed E-state index contributed by atoms with van der Waals surface area (Å²) in [5.41, 5.74) is 1.92. The van der Waals surface area contributed by atoms with Gasteiger partial charge in [-0.15, -0.1) is 11.3 Å². The highest BCUT2D eigenvalue weighted by atomic mass is 35.5. The molecule has 0 radical (unpaired) electrons. The van der Waals surface area contributed by atoms with Gasteiger partial charge in [-0.1, -0.05) is 23.7 Å². The van der Waals surface area contributed by atoms with Crippen molar-refractivity contribution >= 4 is 45.9 Å². The summed E-state index contributed by atoms with van der Waals surface area (Å²) in [6.07, 6.45) is 5.03. The third-order valence-corrected chi connectivity index (χ3v) is 6.83. The van der Waals surface area contributed by atoms with Crippen LogP contribution in [0.15, 0.2) is 46.4 Å². The molecule has 0 spiro atoms. The summed E-state index contributed by atoms with van der Waals surface area (Å²) in [5.74, 6) is -0.199. The van der Waals surface area contributed by atoms with E-state index < -0.39 is 11.9 Å². The van der Waals surface area contributed by atoms with Crippen LogP contribution < -0.4 is 5.32 Å². The van der Waals surface area contributed by atoms with Gasteiger partial charge < -0.3 is 14.5 Å². The van der Waals surface area contributed by atoms with Crippen molar-refractivity contribution in [2.75, 3.05) is 11.9 Å². The third-order valence-electron chi connectivity index (χ3n) is 5.30. The minimum atomic E-state index is -0.614. The number of amides is 1. The maximum Gasteiger partial charge on any atom is 0.341 e. The fourth-order valence-electron chi connectivity index (χ4n) is 3.77. The number of hydrogen-bond donors (Lipinski definition) is 1. The molecular weight excluding hydrogens is 460 g/mol. The van der Waals surface area contributed by atoms with Crippen molar-refractivity contribution in [3.63, 3.8) is 0 Å². The van der Waals surface area contributed by atoms with E-state index in [-0.39, 0.29) is 12.2 Å². The molecule has 1 amide bonds. The molecule has 6 nitrogen and oxygen atoms in total. The van der Waals surface area contributed by atoms with Gasteiger partial charge in [-0.25, -0.2) is 4.79 Å². The van der Waals surface area contributed by atoms with E-state index in [0.717, 1.165) is 36.1 Å². The summed E-state index contributed by atoms with van der Waals surface area (Å²) in [5, 5.41) is 13.3. The van der Waals surface area contributed by atoms with Crippen molar-refractivity contribution in [3.8, 4) is 17.4 Å². The molecular formula is C25H21ClN2O4S. The highest BCUT2D eigenvalue weighted by Gasteiger charge is 2.28. The standard InChI is InChI=1S/C25H21ClN2O4S/c1-2-31-25(30)22-18-8-4-6-10-21(18)33-24(22)28-23(29)15(14-27)13-16-11-12-20(32-16)17-7-3-5-9-19(17)26/h3,5,7,9,11-13H,2,4,6,8,10H2,1H3,(H,28,29). The first kappa shape index (κ1) is 22.8. The Hall–Kier alpha value is -3.34. The number of anilines is 1. The molecule has 4 rings (SSSR count). The van der Waals surface area contributed by atoms with Gasteiger partial charge in [-0.05, 0) is 62.4 Å². The highest BCUT2D eigenvalue weighted by molar-refractivity contribution is 7.17. The van der Waals surface area contributed by atoms with Gasteiger partial charge in [0, 0.05) is 16.5 Å². The topological polar surface area (TPSA) is 92.3 Å². The first-order chi connectivity index (χ1) is 16.0. The number of fused-ring (bicyclic) bond motifs is 1. The number of carbonyl (C=O) groups excluding carboxylic acids is 2. The van der Waals surface area contributed by atoms with Crippen LogP contribution in [0.4, 0.5) is 5.00 Å². The Labute approximate surface area is 200 Å². The zero-order valence-electron chi connectivity index (χ0n) is 17.9. The van der Waals surface area contributed by atoms with Crippen molar-refractivity contribution < 1.29 is 18.7 Å². The van der Waals surface area contributed by atoms with E-state index in [1.54, 1.807) is 25.1 Å². The zero-order valence-corrected chi connectivity index (χ0v) is 19.5. The number of ether oxygens (including phenoxy) is 1. The number of hydrogen-bond acceptors (Lipinski definition) is 6. The van der Waals surface area contributed by atoms with Crippen LogP contribution in [-0.2, 0) is 22.4 Å². The molecule has 2 aromatic heterocycles. The number of aryl methyl sites for hydroxylation is 1. The Morgan fingerprint density at radius 1 is 1.24 bits per heavy atom. The number of carbonyl (C=O) groups is 2. The maximum atomic E-state index is 12.9. The summed E-state index contributed by atoms with van der Waals surface area (Å²) in [6, 6.07) is 12.5. The second-order valence-corrected chi connectivity index (χ2v) is 8.95. The molecule has 0 atom stereocenters. The van der Waals surface area contributed by atoms with Crippen LogP contribution in [0.5, 0.6) is 0 Å². The average molecular weight is 481 g/mol. The monoisotopic (exact) mass is 480 g/mol. The second kappa shape index (κ2) is 10.1. The van der Waals surface area contributed by atoms with Gasteiger partial charge in [0.25, 0.3) is 5.91 Å². The largest absolute Gasteiger partial charge is 0.462 e. The Bertz CT molecular complexity index is 1280. The van der Waals surface area contributed by atoms with E-state index in [4.69, 9.17) is 20.8 Å². The van der Waals surface area contributed by atoms with Crippen LogP contribution in [0.25, 0.3) is 17.4 Å². The van der Waals surface area contributed by atoms with Crippen molar-refractivity contribution in [1.82, 2.24) is 0 Å². The van der Waals surface area contributed by atoms with Crippen LogP contribution in [-0.4, -0.2) is 18.5 Å². The van der Waals surface area contributed by atoms with Gasteiger partial charge in [0.1, 0.15) is 28.2 Å². The summed E-state index contributed by atoms with van der Waals surface area (Å²) in [4.78, 5) is 26.6. The smallest absolute Gasteiger partial charge is 0.341 e. The van der Waals surface area contributed by atoms with E-state index in [1.165, 1.54) is 17.4 Å². The predicted octanol–water partition coefficient (Wildman–Crippen LogP) is 6.26. The number of esters is 1. The summed E-state index contributed by atoms with van der Waals surface area (Å²) >= 11 is 7.59. The van der Waals surface area contributed by atoms with Gasteiger partial charge >= 0.3 is 5.97 Å². The molecule has 1 aliphatic carbocycles. The number of benzene rings is 1. The summed E-state index contributed by atoms with van der Waals surface area (Å²) < 4.78 is 11.0. The molecule has 8 heteroatoms. The molecule has 0 aliphatic heterocycles. The van der Waals surface area contributed by atoms with Gasteiger partial charge in [0.15, 0.2) is 0 Å². The second-order valence-electron chi connectivity index (χ2n) is 7.44. The average Bonchev–Trinajstić information content (AvgIpc) is 3.42. The Morgan fingerprint density at radius 3 is 2.79 bits per heavy atom. The van der Waals surface area contributed by atoms with Crippen LogP contribution in [0.1, 0.15) is 46.3 Å². The van der Waals surface area contributed by atoms with Gasteiger partial charge in [0.2, 0.25) is 0 Å². The highest BCUT2D eigenvalue weighted by Crippen LogP contribution is 2.39. The number of halogens is 1.